The van der Waals surface area contributed by atoms with Crippen molar-refractivity contribution in [3.63, 3.8) is 0 Å². The SMILES string of the molecule is O=C1c2ccccc2C(=O)N1c1ccccc1.O=S(=O)(Cl)Cl. The van der Waals surface area contributed by atoms with Gasteiger partial charge in [0.15, 0.2) is 0 Å². The van der Waals surface area contributed by atoms with Crippen LogP contribution >= 0.6 is 21.4 Å². The number of carbonyl (C=O) groups excluding carboxylic acids is 2. The van der Waals surface area contributed by atoms with Crippen molar-refractivity contribution in [1.82, 2.24) is 0 Å². The van der Waals surface area contributed by atoms with Gasteiger partial charge < -0.3 is 0 Å². The molecule has 0 saturated carbocycles. The fraction of sp³-hybridized carbons (Fsp3) is 0. The lowest BCUT2D eigenvalue weighted by Crippen LogP contribution is -2.29. The highest BCUT2D eigenvalue weighted by molar-refractivity contribution is 8.31. The van der Waals surface area contributed by atoms with Crippen molar-refractivity contribution >= 4 is 47.1 Å². The number of para-hydroxylation sites is 1. The van der Waals surface area contributed by atoms with E-state index in [1.807, 2.05) is 6.07 Å². The third kappa shape index (κ3) is 3.85. The summed E-state index contributed by atoms with van der Waals surface area (Å²) in [7, 11) is 4.81. The molecule has 0 atom stereocenters. The van der Waals surface area contributed by atoms with Gasteiger partial charge in [0.2, 0.25) is 0 Å². The molecule has 0 saturated heterocycles. The Morgan fingerprint density at radius 2 is 1.09 bits per heavy atom. The fourth-order valence-electron chi connectivity index (χ4n) is 2.00. The van der Waals surface area contributed by atoms with Crippen molar-refractivity contribution in [3.05, 3.63) is 65.7 Å². The van der Waals surface area contributed by atoms with Gasteiger partial charge in [-0.2, -0.15) is 8.42 Å². The van der Waals surface area contributed by atoms with Gasteiger partial charge in [0.25, 0.3) is 11.8 Å². The fourth-order valence-corrected chi connectivity index (χ4v) is 2.00. The smallest absolute Gasteiger partial charge is 0.268 e. The van der Waals surface area contributed by atoms with Gasteiger partial charge in [-0.3, -0.25) is 9.59 Å². The number of anilines is 1. The van der Waals surface area contributed by atoms with E-state index in [1.165, 1.54) is 4.90 Å². The summed E-state index contributed by atoms with van der Waals surface area (Å²) < 4.78 is 18.3. The van der Waals surface area contributed by atoms with Crippen LogP contribution in [-0.2, 0) is 8.26 Å². The van der Waals surface area contributed by atoms with Gasteiger partial charge in [-0.05, 0) is 24.3 Å². The molecule has 0 aromatic heterocycles. The maximum Gasteiger partial charge on any atom is 0.317 e. The van der Waals surface area contributed by atoms with E-state index < -0.39 is 8.26 Å². The lowest BCUT2D eigenvalue weighted by Gasteiger charge is -2.13. The highest BCUT2D eigenvalue weighted by Crippen LogP contribution is 2.27. The summed E-state index contributed by atoms with van der Waals surface area (Å²) >= 11 is 0. The zero-order valence-corrected chi connectivity index (χ0v) is 13.3. The lowest BCUT2D eigenvalue weighted by molar-refractivity contribution is 0.0926. The third-order valence-corrected chi connectivity index (χ3v) is 2.81. The molecule has 114 valence electrons. The van der Waals surface area contributed by atoms with Gasteiger partial charge in [0, 0.05) is 21.4 Å². The molecule has 0 N–H and O–H groups in total. The second-order valence-electron chi connectivity index (χ2n) is 4.21. The predicted molar refractivity (Wildman–Crippen MR) is 84.6 cm³/mol. The van der Waals surface area contributed by atoms with E-state index in [0.717, 1.165) is 0 Å². The molecule has 22 heavy (non-hydrogen) atoms. The van der Waals surface area contributed by atoms with Crippen LogP contribution in [0.4, 0.5) is 5.69 Å². The molecule has 1 aliphatic rings. The van der Waals surface area contributed by atoms with Gasteiger partial charge in [-0.1, -0.05) is 30.3 Å². The van der Waals surface area contributed by atoms with Crippen LogP contribution < -0.4 is 4.90 Å². The first-order valence-electron chi connectivity index (χ1n) is 5.96. The molecule has 2 aromatic carbocycles. The molecule has 0 spiro atoms. The van der Waals surface area contributed by atoms with E-state index in [0.29, 0.717) is 16.8 Å². The van der Waals surface area contributed by atoms with E-state index in [-0.39, 0.29) is 11.8 Å². The molecule has 5 nitrogen and oxygen atoms in total. The lowest BCUT2D eigenvalue weighted by atomic mass is 10.1. The van der Waals surface area contributed by atoms with Gasteiger partial charge >= 0.3 is 8.26 Å². The van der Waals surface area contributed by atoms with Crippen LogP contribution in [0.25, 0.3) is 0 Å². The van der Waals surface area contributed by atoms with E-state index in [9.17, 15) is 9.59 Å². The van der Waals surface area contributed by atoms with Gasteiger partial charge in [-0.15, -0.1) is 0 Å². The monoisotopic (exact) mass is 357 g/mol. The minimum atomic E-state index is -3.72. The number of rotatable bonds is 1. The van der Waals surface area contributed by atoms with E-state index in [1.54, 1.807) is 48.5 Å². The number of halogens is 2. The number of fused-ring (bicyclic) bond motifs is 1. The minimum absolute atomic E-state index is 0.253. The molecule has 0 unspecified atom stereocenters. The Bertz CT molecular complexity index is 779. The summed E-state index contributed by atoms with van der Waals surface area (Å²) in [4.78, 5) is 25.4. The minimum Gasteiger partial charge on any atom is -0.268 e. The first kappa shape index (κ1) is 16.5. The number of hydrogen-bond donors (Lipinski definition) is 0. The summed E-state index contributed by atoms with van der Waals surface area (Å²) in [5.74, 6) is -0.506. The highest BCUT2D eigenvalue weighted by atomic mass is 36.0. The van der Waals surface area contributed by atoms with Crippen LogP contribution in [0.1, 0.15) is 20.7 Å². The third-order valence-electron chi connectivity index (χ3n) is 2.81. The summed E-state index contributed by atoms with van der Waals surface area (Å²) in [5.41, 5.74) is 1.56. The van der Waals surface area contributed by atoms with Crippen molar-refractivity contribution in [2.75, 3.05) is 4.90 Å². The maximum atomic E-state index is 12.1. The summed E-state index contributed by atoms with van der Waals surface area (Å²) in [5, 5.41) is 0. The van der Waals surface area contributed by atoms with Gasteiger partial charge in [0.1, 0.15) is 0 Å². The second-order valence-corrected chi connectivity index (χ2v) is 7.87. The molecule has 2 amide bonds. The second kappa shape index (κ2) is 6.48. The van der Waals surface area contributed by atoms with Crippen LogP contribution in [0.3, 0.4) is 0 Å². The van der Waals surface area contributed by atoms with E-state index in [4.69, 9.17) is 8.42 Å². The summed E-state index contributed by atoms with van der Waals surface area (Å²) in [6.07, 6.45) is 0. The number of imide groups is 1. The zero-order valence-electron chi connectivity index (χ0n) is 10.9. The van der Waals surface area contributed by atoms with Gasteiger partial charge in [0.05, 0.1) is 16.8 Å². The molecule has 8 heteroatoms. The van der Waals surface area contributed by atoms with Crippen molar-refractivity contribution in [2.45, 2.75) is 0 Å². The molecule has 2 aromatic rings. The molecule has 0 bridgehead atoms. The number of hydrogen-bond acceptors (Lipinski definition) is 4. The van der Waals surface area contributed by atoms with Crippen LogP contribution in [0.5, 0.6) is 0 Å². The first-order valence-corrected chi connectivity index (χ1v) is 9.09. The van der Waals surface area contributed by atoms with Crippen LogP contribution in [-0.4, -0.2) is 20.2 Å². The molecular weight excluding hydrogens is 349 g/mol. The Hall–Kier alpha value is -1.89. The molecule has 0 radical (unpaired) electrons. The van der Waals surface area contributed by atoms with Crippen LogP contribution in [0.2, 0.25) is 0 Å². The molecule has 3 rings (SSSR count). The van der Waals surface area contributed by atoms with Gasteiger partial charge in [-0.25, -0.2) is 4.90 Å². The average molecular weight is 358 g/mol. The summed E-state index contributed by atoms with van der Waals surface area (Å²) in [6, 6.07) is 15.8. The predicted octanol–water partition coefficient (Wildman–Crippen LogP) is 3.20. The van der Waals surface area contributed by atoms with Crippen LogP contribution in [0, 0.1) is 0 Å². The van der Waals surface area contributed by atoms with Crippen molar-refractivity contribution in [1.29, 1.82) is 0 Å². The van der Waals surface area contributed by atoms with Crippen molar-refractivity contribution < 1.29 is 18.0 Å². The highest BCUT2D eigenvalue weighted by Gasteiger charge is 2.35. The molecule has 1 aliphatic heterocycles. The Morgan fingerprint density at radius 1 is 0.727 bits per heavy atom. The molecule has 0 fully saturated rings. The Morgan fingerprint density at radius 3 is 1.50 bits per heavy atom. The zero-order chi connectivity index (χ0) is 16.3. The van der Waals surface area contributed by atoms with Crippen molar-refractivity contribution in [2.24, 2.45) is 0 Å². The van der Waals surface area contributed by atoms with Crippen LogP contribution in [0.15, 0.2) is 54.6 Å². The van der Waals surface area contributed by atoms with E-state index in [2.05, 4.69) is 21.4 Å². The van der Waals surface area contributed by atoms with Crippen molar-refractivity contribution in [3.8, 4) is 0 Å². The Kier molecular flexibility index (Phi) is 4.85. The molecular formula is C14H9Cl2NO4S. The Balaban J connectivity index is 0.000000309. The number of amides is 2. The standard InChI is InChI=1S/C14H9NO2.Cl2O2S/c16-13-11-8-4-5-9-12(11)14(17)15(13)10-6-2-1-3-7-10;1-5(2,3)4/h1-9H;. The maximum absolute atomic E-state index is 12.1. The normalized spacial score (nSPS) is 13.5. The first-order chi connectivity index (χ1) is 10.3. The molecule has 0 aliphatic carbocycles. The largest absolute Gasteiger partial charge is 0.317 e. The quantitative estimate of drug-likeness (QED) is 0.580. The topological polar surface area (TPSA) is 71.5 Å². The molecule has 1 heterocycles. The average Bonchev–Trinajstić information content (AvgIpc) is 2.71. The number of benzene rings is 2. The summed E-state index contributed by atoms with van der Waals surface area (Å²) in [6.45, 7) is 0. The van der Waals surface area contributed by atoms with E-state index >= 15 is 0 Å². The number of nitrogens with zero attached hydrogens (tertiary/aromatic N) is 1. The Labute approximate surface area is 136 Å². The number of carbonyl (C=O) groups is 2.